The standard InChI is InChI=1S/C22H29NO2/c1-23-18-11-12-19(23)15-20(14-18)25-22(24)13-17-9-5-6-10-21(17)16-7-3-2-4-8-16/h2-4,7-8,18-20H,5-6,9-15H2,1H3/t18-,19+,20?. The maximum Gasteiger partial charge on any atom is 0.310 e. The zero-order valence-electron chi connectivity index (χ0n) is 15.2. The predicted molar refractivity (Wildman–Crippen MR) is 100 cm³/mol. The van der Waals surface area contributed by atoms with E-state index in [1.54, 1.807) is 0 Å². The Labute approximate surface area is 151 Å². The number of carbonyl (C=O) groups is 1. The Bertz CT molecular complexity index is 637. The van der Waals surface area contributed by atoms with Crippen LogP contribution in [0.5, 0.6) is 0 Å². The third-order valence-corrected chi connectivity index (χ3v) is 6.42. The number of ether oxygens (including phenoxy) is 1. The van der Waals surface area contributed by atoms with Crippen molar-refractivity contribution in [2.75, 3.05) is 7.05 Å². The Morgan fingerprint density at radius 2 is 1.76 bits per heavy atom. The van der Waals surface area contributed by atoms with E-state index >= 15 is 0 Å². The number of carbonyl (C=O) groups excluding carboxylic acids is 1. The van der Waals surface area contributed by atoms with Gasteiger partial charge in [-0.05, 0) is 69.6 Å². The second kappa shape index (κ2) is 7.33. The monoisotopic (exact) mass is 339 g/mol. The number of nitrogens with zero attached hydrogens (tertiary/aromatic N) is 1. The molecule has 0 spiro atoms. The van der Waals surface area contributed by atoms with Crippen LogP contribution < -0.4 is 0 Å². The minimum atomic E-state index is -0.0146. The third-order valence-electron chi connectivity index (χ3n) is 6.42. The molecule has 2 fully saturated rings. The van der Waals surface area contributed by atoms with Gasteiger partial charge in [-0.3, -0.25) is 4.79 Å². The molecular formula is C22H29NO2. The summed E-state index contributed by atoms with van der Waals surface area (Å²) in [4.78, 5) is 15.1. The Balaban J connectivity index is 1.42. The lowest BCUT2D eigenvalue weighted by atomic mass is 9.86. The molecule has 2 aliphatic heterocycles. The van der Waals surface area contributed by atoms with Gasteiger partial charge in [-0.15, -0.1) is 0 Å². The molecule has 0 aromatic heterocycles. The van der Waals surface area contributed by atoms with E-state index in [2.05, 4.69) is 42.3 Å². The smallest absolute Gasteiger partial charge is 0.310 e. The predicted octanol–water partition coefficient (Wildman–Crippen LogP) is 4.57. The SMILES string of the molecule is CN1[C@@H]2CC[C@H]1CC(OC(=O)CC1=C(c3ccccc3)CCCC1)C2. The first-order valence-corrected chi connectivity index (χ1v) is 9.88. The quantitative estimate of drug-likeness (QED) is 0.753. The summed E-state index contributed by atoms with van der Waals surface area (Å²) in [6, 6.07) is 11.8. The van der Waals surface area contributed by atoms with Crippen molar-refractivity contribution in [2.45, 2.75) is 76.0 Å². The Hall–Kier alpha value is -1.61. The normalized spacial score (nSPS) is 29.7. The summed E-state index contributed by atoms with van der Waals surface area (Å²) in [6.07, 6.45) is 9.71. The van der Waals surface area contributed by atoms with E-state index in [9.17, 15) is 4.79 Å². The number of fused-ring (bicyclic) bond motifs is 2. The highest BCUT2D eigenvalue weighted by Gasteiger charge is 2.39. The highest BCUT2D eigenvalue weighted by Crippen LogP contribution is 2.37. The van der Waals surface area contributed by atoms with E-state index in [0.717, 1.165) is 25.7 Å². The van der Waals surface area contributed by atoms with E-state index in [-0.39, 0.29) is 12.1 Å². The minimum absolute atomic E-state index is 0.0146. The van der Waals surface area contributed by atoms with Gasteiger partial charge in [0.15, 0.2) is 0 Å². The first-order valence-electron chi connectivity index (χ1n) is 9.88. The van der Waals surface area contributed by atoms with Gasteiger partial charge in [0.05, 0.1) is 6.42 Å². The highest BCUT2D eigenvalue weighted by atomic mass is 16.5. The summed E-state index contributed by atoms with van der Waals surface area (Å²) in [5, 5.41) is 0. The molecule has 0 saturated carbocycles. The van der Waals surface area contributed by atoms with Crippen LogP contribution in [-0.4, -0.2) is 36.1 Å². The van der Waals surface area contributed by atoms with Gasteiger partial charge in [0.1, 0.15) is 6.10 Å². The fraction of sp³-hybridized carbons (Fsp3) is 0.591. The van der Waals surface area contributed by atoms with Crippen molar-refractivity contribution >= 4 is 11.5 Å². The summed E-state index contributed by atoms with van der Waals surface area (Å²) >= 11 is 0. The van der Waals surface area contributed by atoms with Crippen molar-refractivity contribution in [3.8, 4) is 0 Å². The van der Waals surface area contributed by atoms with Gasteiger partial charge in [-0.1, -0.05) is 35.9 Å². The summed E-state index contributed by atoms with van der Waals surface area (Å²) in [5.74, 6) is -0.0146. The van der Waals surface area contributed by atoms with E-state index < -0.39 is 0 Å². The molecule has 3 heteroatoms. The molecule has 2 heterocycles. The molecule has 1 aliphatic carbocycles. The van der Waals surface area contributed by atoms with Crippen LogP contribution in [0, 0.1) is 0 Å². The van der Waals surface area contributed by atoms with Gasteiger partial charge in [0.2, 0.25) is 0 Å². The van der Waals surface area contributed by atoms with Crippen molar-refractivity contribution in [3.05, 3.63) is 41.5 Å². The molecule has 3 aliphatic rings. The average Bonchev–Trinajstić information content (AvgIpc) is 2.83. The van der Waals surface area contributed by atoms with Gasteiger partial charge in [-0.2, -0.15) is 0 Å². The summed E-state index contributed by atoms with van der Waals surface area (Å²) in [7, 11) is 2.22. The lowest BCUT2D eigenvalue weighted by Gasteiger charge is -2.35. The number of piperidine rings is 1. The molecule has 1 aromatic rings. The first kappa shape index (κ1) is 16.8. The molecule has 0 N–H and O–H groups in total. The maximum atomic E-state index is 12.6. The van der Waals surface area contributed by atoms with E-state index in [1.807, 2.05) is 0 Å². The van der Waals surface area contributed by atoms with Crippen molar-refractivity contribution in [3.63, 3.8) is 0 Å². The van der Waals surface area contributed by atoms with Crippen LogP contribution in [-0.2, 0) is 9.53 Å². The molecule has 1 aromatic carbocycles. The number of benzene rings is 1. The van der Waals surface area contributed by atoms with Gasteiger partial charge < -0.3 is 9.64 Å². The largest absolute Gasteiger partial charge is 0.462 e. The number of allylic oxidation sites excluding steroid dienone is 1. The Morgan fingerprint density at radius 1 is 1.08 bits per heavy atom. The van der Waals surface area contributed by atoms with Crippen LogP contribution in [0.3, 0.4) is 0 Å². The molecule has 134 valence electrons. The minimum Gasteiger partial charge on any atom is -0.462 e. The van der Waals surface area contributed by atoms with Gasteiger partial charge >= 0.3 is 5.97 Å². The fourth-order valence-corrected chi connectivity index (χ4v) is 5.01. The second-order valence-corrected chi connectivity index (χ2v) is 7.97. The Kier molecular flexibility index (Phi) is 4.93. The topological polar surface area (TPSA) is 29.5 Å². The molecular weight excluding hydrogens is 310 g/mol. The van der Waals surface area contributed by atoms with Crippen LogP contribution >= 0.6 is 0 Å². The molecule has 0 amide bonds. The maximum absolute atomic E-state index is 12.6. The fourth-order valence-electron chi connectivity index (χ4n) is 5.01. The summed E-state index contributed by atoms with van der Waals surface area (Å²) < 4.78 is 5.91. The zero-order valence-corrected chi connectivity index (χ0v) is 15.2. The number of hydrogen-bond donors (Lipinski definition) is 0. The van der Waals surface area contributed by atoms with Crippen molar-refractivity contribution in [1.29, 1.82) is 0 Å². The van der Waals surface area contributed by atoms with Crippen LogP contribution in [0.25, 0.3) is 5.57 Å². The van der Waals surface area contributed by atoms with Crippen molar-refractivity contribution < 1.29 is 9.53 Å². The lowest BCUT2D eigenvalue weighted by molar-refractivity contribution is -0.151. The summed E-state index contributed by atoms with van der Waals surface area (Å²) in [6.45, 7) is 0. The lowest BCUT2D eigenvalue weighted by Crippen LogP contribution is -2.43. The van der Waals surface area contributed by atoms with Crippen LogP contribution in [0.4, 0.5) is 0 Å². The van der Waals surface area contributed by atoms with Gasteiger partial charge in [0.25, 0.3) is 0 Å². The third kappa shape index (κ3) is 3.67. The van der Waals surface area contributed by atoms with Crippen LogP contribution in [0.1, 0.15) is 63.4 Å². The van der Waals surface area contributed by atoms with Crippen molar-refractivity contribution in [1.82, 2.24) is 4.90 Å². The van der Waals surface area contributed by atoms with E-state index in [1.165, 1.54) is 42.4 Å². The molecule has 3 nitrogen and oxygen atoms in total. The molecule has 4 rings (SSSR count). The zero-order chi connectivity index (χ0) is 17.2. The van der Waals surface area contributed by atoms with Crippen molar-refractivity contribution in [2.24, 2.45) is 0 Å². The second-order valence-electron chi connectivity index (χ2n) is 7.97. The number of hydrogen-bond acceptors (Lipinski definition) is 3. The number of rotatable bonds is 4. The van der Waals surface area contributed by atoms with E-state index in [0.29, 0.717) is 18.5 Å². The number of esters is 1. The van der Waals surface area contributed by atoms with E-state index in [4.69, 9.17) is 4.74 Å². The molecule has 0 radical (unpaired) electrons. The molecule has 2 saturated heterocycles. The highest BCUT2D eigenvalue weighted by molar-refractivity contribution is 5.79. The van der Waals surface area contributed by atoms with Gasteiger partial charge in [0, 0.05) is 12.1 Å². The van der Waals surface area contributed by atoms with Crippen LogP contribution in [0.2, 0.25) is 0 Å². The molecule has 2 bridgehead atoms. The first-order chi connectivity index (χ1) is 12.2. The molecule has 25 heavy (non-hydrogen) atoms. The summed E-state index contributed by atoms with van der Waals surface area (Å²) in [5.41, 5.74) is 3.97. The van der Waals surface area contributed by atoms with Crippen LogP contribution in [0.15, 0.2) is 35.9 Å². The molecule has 3 atom stereocenters. The Morgan fingerprint density at radius 3 is 2.48 bits per heavy atom. The molecule has 1 unspecified atom stereocenters. The van der Waals surface area contributed by atoms with Gasteiger partial charge in [-0.25, -0.2) is 0 Å². The average molecular weight is 339 g/mol.